The minimum atomic E-state index is -0.938. The van der Waals surface area contributed by atoms with Gasteiger partial charge in [-0.2, -0.15) is 0 Å². The van der Waals surface area contributed by atoms with Gasteiger partial charge in [-0.15, -0.1) is 0 Å². The molecule has 0 fully saturated rings. The predicted octanol–water partition coefficient (Wildman–Crippen LogP) is 3.22. The van der Waals surface area contributed by atoms with Crippen molar-refractivity contribution < 1.29 is 9.90 Å². The fourth-order valence-electron chi connectivity index (χ4n) is 3.09. The van der Waals surface area contributed by atoms with Crippen molar-refractivity contribution in [3.05, 3.63) is 70.2 Å². The van der Waals surface area contributed by atoms with Crippen LogP contribution in [0.25, 0.3) is 0 Å². The van der Waals surface area contributed by atoms with Crippen molar-refractivity contribution in [1.82, 2.24) is 5.32 Å². The molecule has 3 rings (SSSR count). The Morgan fingerprint density at radius 1 is 1.17 bits per heavy atom. The number of aliphatic hydroxyl groups is 1. The van der Waals surface area contributed by atoms with Crippen molar-refractivity contribution in [2.24, 2.45) is 0 Å². The van der Waals surface area contributed by atoms with Crippen molar-refractivity contribution in [2.75, 3.05) is 6.54 Å². The number of carbonyl (C=O) groups is 1. The molecule has 1 aliphatic carbocycles. The van der Waals surface area contributed by atoms with E-state index in [0.29, 0.717) is 24.3 Å². The Bertz CT molecular complexity index is 699. The molecule has 0 heterocycles. The van der Waals surface area contributed by atoms with E-state index in [1.807, 2.05) is 48.5 Å². The van der Waals surface area contributed by atoms with E-state index in [1.165, 1.54) is 5.56 Å². The summed E-state index contributed by atoms with van der Waals surface area (Å²) in [4.78, 5) is 12.0. The quantitative estimate of drug-likeness (QED) is 0.885. The van der Waals surface area contributed by atoms with Gasteiger partial charge in [0.15, 0.2) is 0 Å². The van der Waals surface area contributed by atoms with E-state index >= 15 is 0 Å². The number of amides is 1. The number of halogens is 1. The van der Waals surface area contributed by atoms with Crippen LogP contribution in [0.4, 0.5) is 0 Å². The number of hydrogen-bond acceptors (Lipinski definition) is 2. The van der Waals surface area contributed by atoms with Crippen LogP contribution in [-0.2, 0) is 23.2 Å². The third-order valence-electron chi connectivity index (χ3n) is 4.46. The number of hydrogen-bond donors (Lipinski definition) is 2. The first kappa shape index (κ1) is 16.0. The van der Waals surface area contributed by atoms with Gasteiger partial charge in [-0.25, -0.2) is 0 Å². The number of nitrogens with one attached hydrogen (secondary N) is 1. The lowest BCUT2D eigenvalue weighted by atomic mass is 9.96. The van der Waals surface area contributed by atoms with E-state index in [4.69, 9.17) is 11.6 Å². The number of carbonyl (C=O) groups excluding carboxylic acids is 1. The maximum absolute atomic E-state index is 12.0. The van der Waals surface area contributed by atoms with Gasteiger partial charge >= 0.3 is 0 Å². The third-order valence-corrected chi connectivity index (χ3v) is 4.71. The zero-order valence-corrected chi connectivity index (χ0v) is 13.6. The summed E-state index contributed by atoms with van der Waals surface area (Å²) in [6, 6.07) is 15.4. The predicted molar refractivity (Wildman–Crippen MR) is 91.4 cm³/mol. The minimum absolute atomic E-state index is 0.0437. The molecule has 0 saturated heterocycles. The van der Waals surface area contributed by atoms with E-state index in [1.54, 1.807) is 0 Å². The lowest BCUT2D eigenvalue weighted by molar-refractivity contribution is -0.122. The molecule has 1 unspecified atom stereocenters. The summed E-state index contributed by atoms with van der Waals surface area (Å²) in [5, 5.41) is 14.3. The molecule has 2 N–H and O–H groups in total. The Kier molecular flexibility index (Phi) is 4.69. The van der Waals surface area contributed by atoms with E-state index in [0.717, 1.165) is 17.5 Å². The second-order valence-corrected chi connectivity index (χ2v) is 6.53. The highest BCUT2D eigenvalue weighted by Gasteiger charge is 2.36. The highest BCUT2D eigenvalue weighted by atomic mass is 35.5. The van der Waals surface area contributed by atoms with Crippen molar-refractivity contribution in [3.63, 3.8) is 0 Å². The van der Waals surface area contributed by atoms with Crippen LogP contribution in [0.1, 0.15) is 29.5 Å². The highest BCUT2D eigenvalue weighted by molar-refractivity contribution is 6.30. The monoisotopic (exact) mass is 329 g/mol. The van der Waals surface area contributed by atoms with Crippen LogP contribution in [0, 0.1) is 0 Å². The van der Waals surface area contributed by atoms with Gasteiger partial charge in [-0.3, -0.25) is 4.79 Å². The van der Waals surface area contributed by atoms with Gasteiger partial charge < -0.3 is 10.4 Å². The van der Waals surface area contributed by atoms with Gasteiger partial charge in [0.05, 0.1) is 6.54 Å². The molecule has 120 valence electrons. The summed E-state index contributed by atoms with van der Waals surface area (Å²) >= 11 is 5.85. The van der Waals surface area contributed by atoms with Crippen molar-refractivity contribution in [2.45, 2.75) is 31.3 Å². The molecule has 0 aliphatic heterocycles. The Balaban J connectivity index is 1.52. The molecular formula is C19H20ClNO2. The fourth-order valence-corrected chi connectivity index (χ4v) is 3.22. The van der Waals surface area contributed by atoms with Crippen LogP contribution >= 0.6 is 11.6 Å². The summed E-state index contributed by atoms with van der Waals surface area (Å²) in [6.45, 7) is 0.267. The van der Waals surface area contributed by atoms with Crippen LogP contribution in [0.3, 0.4) is 0 Å². The SMILES string of the molecule is O=C(CCc1ccc(Cl)cc1)NCC1(O)CCc2ccccc21. The Hall–Kier alpha value is -1.84. The van der Waals surface area contributed by atoms with Crippen LogP contribution in [-0.4, -0.2) is 17.6 Å². The van der Waals surface area contributed by atoms with Crippen LogP contribution < -0.4 is 5.32 Å². The summed E-state index contributed by atoms with van der Waals surface area (Å²) in [6.07, 6.45) is 2.58. The van der Waals surface area contributed by atoms with Crippen LogP contribution in [0.2, 0.25) is 5.02 Å². The maximum Gasteiger partial charge on any atom is 0.220 e. The second-order valence-electron chi connectivity index (χ2n) is 6.09. The summed E-state index contributed by atoms with van der Waals surface area (Å²) in [5.41, 5.74) is 2.25. The van der Waals surface area contributed by atoms with E-state index in [2.05, 4.69) is 5.32 Å². The standard InChI is InChI=1S/C19H20ClNO2/c20-16-8-5-14(6-9-16)7-10-18(22)21-13-19(23)12-11-15-3-1-2-4-17(15)19/h1-6,8-9,23H,7,10-13H2,(H,21,22). The Morgan fingerprint density at radius 2 is 1.91 bits per heavy atom. The maximum atomic E-state index is 12.0. The largest absolute Gasteiger partial charge is 0.383 e. The molecule has 1 aliphatic rings. The summed E-state index contributed by atoms with van der Waals surface area (Å²) in [7, 11) is 0. The summed E-state index contributed by atoms with van der Waals surface area (Å²) < 4.78 is 0. The number of aryl methyl sites for hydroxylation is 2. The minimum Gasteiger partial charge on any atom is -0.383 e. The zero-order chi connectivity index (χ0) is 16.3. The molecule has 0 saturated carbocycles. The third kappa shape index (κ3) is 3.74. The molecule has 2 aromatic rings. The number of fused-ring (bicyclic) bond motifs is 1. The lowest BCUT2D eigenvalue weighted by Gasteiger charge is -2.24. The average molecular weight is 330 g/mol. The molecule has 0 radical (unpaired) electrons. The molecule has 4 heteroatoms. The van der Waals surface area contributed by atoms with Crippen molar-refractivity contribution >= 4 is 17.5 Å². The second kappa shape index (κ2) is 6.73. The lowest BCUT2D eigenvalue weighted by Crippen LogP contribution is -2.39. The molecule has 23 heavy (non-hydrogen) atoms. The molecule has 1 atom stereocenters. The fraction of sp³-hybridized carbons (Fsp3) is 0.316. The molecule has 3 nitrogen and oxygen atoms in total. The average Bonchev–Trinajstić information content (AvgIpc) is 2.91. The molecule has 0 aromatic heterocycles. The molecular weight excluding hydrogens is 310 g/mol. The molecule has 0 bridgehead atoms. The van der Waals surface area contributed by atoms with Crippen LogP contribution in [0.5, 0.6) is 0 Å². The van der Waals surface area contributed by atoms with E-state index < -0.39 is 5.60 Å². The van der Waals surface area contributed by atoms with Gasteiger partial charge in [-0.1, -0.05) is 48.0 Å². The van der Waals surface area contributed by atoms with Gasteiger partial charge in [-0.05, 0) is 48.1 Å². The molecule has 1 amide bonds. The number of rotatable bonds is 5. The van der Waals surface area contributed by atoms with Gasteiger partial charge in [0.1, 0.15) is 5.60 Å². The Labute approximate surface area is 141 Å². The summed E-state index contributed by atoms with van der Waals surface area (Å²) in [5.74, 6) is -0.0437. The zero-order valence-electron chi connectivity index (χ0n) is 12.9. The van der Waals surface area contributed by atoms with Gasteiger partial charge in [0.25, 0.3) is 0 Å². The van der Waals surface area contributed by atoms with Crippen molar-refractivity contribution in [1.29, 1.82) is 0 Å². The van der Waals surface area contributed by atoms with E-state index in [9.17, 15) is 9.90 Å². The van der Waals surface area contributed by atoms with E-state index in [-0.39, 0.29) is 12.5 Å². The Morgan fingerprint density at radius 3 is 2.70 bits per heavy atom. The van der Waals surface area contributed by atoms with Crippen molar-refractivity contribution in [3.8, 4) is 0 Å². The molecule has 2 aromatic carbocycles. The first-order valence-electron chi connectivity index (χ1n) is 7.89. The smallest absolute Gasteiger partial charge is 0.220 e. The number of benzene rings is 2. The topological polar surface area (TPSA) is 49.3 Å². The normalized spacial score (nSPS) is 19.4. The first-order valence-corrected chi connectivity index (χ1v) is 8.26. The van der Waals surface area contributed by atoms with Gasteiger partial charge in [0, 0.05) is 11.4 Å². The highest BCUT2D eigenvalue weighted by Crippen LogP contribution is 2.36. The van der Waals surface area contributed by atoms with Crippen LogP contribution in [0.15, 0.2) is 48.5 Å². The molecule has 0 spiro atoms. The first-order chi connectivity index (χ1) is 11.1. The van der Waals surface area contributed by atoms with Gasteiger partial charge in [0.2, 0.25) is 5.91 Å².